The van der Waals surface area contributed by atoms with E-state index in [2.05, 4.69) is 194 Å². The molecule has 8 aromatic carbocycles. The molecule has 9 rings (SSSR count). The number of fused-ring (bicyclic) bond motifs is 4. The second-order valence-electron chi connectivity index (χ2n) is 12.4. The predicted molar refractivity (Wildman–Crippen MR) is 198 cm³/mol. The first-order chi connectivity index (χ1) is 23.3. The van der Waals surface area contributed by atoms with E-state index in [0.717, 1.165) is 0 Å². The van der Waals surface area contributed by atoms with Crippen LogP contribution in [0.5, 0.6) is 0 Å². The van der Waals surface area contributed by atoms with Gasteiger partial charge >= 0.3 is 0 Å². The lowest BCUT2D eigenvalue weighted by Crippen LogP contribution is -2.28. The van der Waals surface area contributed by atoms with Crippen molar-refractivity contribution in [2.24, 2.45) is 0 Å². The molecule has 0 N–H and O–H groups in total. The summed E-state index contributed by atoms with van der Waals surface area (Å²) in [6.07, 6.45) is 0. The molecular weight excluding hydrogens is 565 g/mol. The van der Waals surface area contributed by atoms with Crippen LogP contribution in [0.4, 0.5) is 0 Å². The Morgan fingerprint density at radius 1 is 0.255 bits per heavy atom. The molecule has 220 valence electrons. The fraction of sp³-hybridized carbons (Fsp3) is 0.0213. The van der Waals surface area contributed by atoms with Crippen LogP contribution < -0.4 is 0 Å². The number of benzene rings is 8. The Bertz CT molecular complexity index is 2310. The van der Waals surface area contributed by atoms with Crippen molar-refractivity contribution >= 4 is 10.8 Å². The molecule has 0 nitrogen and oxygen atoms in total. The number of rotatable bonds is 5. The molecule has 0 bridgehead atoms. The molecule has 0 heterocycles. The summed E-state index contributed by atoms with van der Waals surface area (Å²) < 4.78 is 0. The maximum atomic E-state index is 2.51. The molecule has 0 fully saturated rings. The van der Waals surface area contributed by atoms with E-state index in [0.29, 0.717) is 0 Å². The Hall–Kier alpha value is -5.98. The average molecular weight is 597 g/mol. The second-order valence-corrected chi connectivity index (χ2v) is 12.4. The summed E-state index contributed by atoms with van der Waals surface area (Å²) in [6, 6.07) is 71.3. The molecule has 0 atom stereocenters. The van der Waals surface area contributed by atoms with Crippen LogP contribution in [0, 0.1) is 0 Å². The molecule has 0 saturated heterocycles. The van der Waals surface area contributed by atoms with Gasteiger partial charge in [0.2, 0.25) is 0 Å². The van der Waals surface area contributed by atoms with Crippen molar-refractivity contribution in [2.75, 3.05) is 0 Å². The van der Waals surface area contributed by atoms with Crippen molar-refractivity contribution in [1.82, 2.24) is 0 Å². The van der Waals surface area contributed by atoms with Gasteiger partial charge in [0, 0.05) is 0 Å². The van der Waals surface area contributed by atoms with Crippen LogP contribution in [0.1, 0.15) is 22.3 Å². The highest BCUT2D eigenvalue weighted by Gasteiger charge is 2.46. The molecule has 0 amide bonds. The van der Waals surface area contributed by atoms with Gasteiger partial charge in [-0.25, -0.2) is 0 Å². The minimum atomic E-state index is -0.445. The molecule has 8 aromatic rings. The van der Waals surface area contributed by atoms with Crippen molar-refractivity contribution in [3.8, 4) is 44.5 Å². The SMILES string of the molecule is c1ccc(-c2ccc(-c3ccc(-c4ccccc4)c4cc5c(cc34)C(c3ccccc3)(c3ccccc3)c3ccccc3-5)cc2)cc1. The van der Waals surface area contributed by atoms with Gasteiger partial charge in [0.15, 0.2) is 0 Å². The summed E-state index contributed by atoms with van der Waals surface area (Å²) in [6.45, 7) is 0. The molecular formula is C47H32. The van der Waals surface area contributed by atoms with Crippen LogP contribution in [0.15, 0.2) is 194 Å². The molecule has 0 heteroatoms. The van der Waals surface area contributed by atoms with Crippen LogP contribution in [0.3, 0.4) is 0 Å². The zero-order chi connectivity index (χ0) is 31.2. The van der Waals surface area contributed by atoms with E-state index < -0.39 is 5.41 Å². The summed E-state index contributed by atoms with van der Waals surface area (Å²) in [4.78, 5) is 0. The first kappa shape index (κ1) is 27.3. The zero-order valence-corrected chi connectivity index (χ0v) is 26.0. The third-order valence-corrected chi connectivity index (χ3v) is 9.98. The number of hydrogen-bond donors (Lipinski definition) is 0. The van der Waals surface area contributed by atoms with Gasteiger partial charge in [-0.1, -0.05) is 182 Å². The lowest BCUT2D eigenvalue weighted by Gasteiger charge is -2.34. The van der Waals surface area contributed by atoms with E-state index in [4.69, 9.17) is 0 Å². The van der Waals surface area contributed by atoms with E-state index in [1.807, 2.05) is 0 Å². The van der Waals surface area contributed by atoms with Crippen LogP contribution in [-0.4, -0.2) is 0 Å². The molecule has 1 aliphatic carbocycles. The molecule has 0 aromatic heterocycles. The van der Waals surface area contributed by atoms with E-state index in [-0.39, 0.29) is 0 Å². The Kier molecular flexibility index (Phi) is 6.47. The highest BCUT2D eigenvalue weighted by Crippen LogP contribution is 2.57. The second kappa shape index (κ2) is 11.1. The molecule has 1 aliphatic rings. The fourth-order valence-electron chi connectivity index (χ4n) is 7.87. The first-order valence-corrected chi connectivity index (χ1v) is 16.4. The van der Waals surface area contributed by atoms with Crippen molar-refractivity contribution in [3.63, 3.8) is 0 Å². The summed E-state index contributed by atoms with van der Waals surface area (Å²) in [5, 5.41) is 2.54. The van der Waals surface area contributed by atoms with Crippen LogP contribution in [0.2, 0.25) is 0 Å². The summed E-state index contributed by atoms with van der Waals surface area (Å²) in [7, 11) is 0. The van der Waals surface area contributed by atoms with Crippen LogP contribution in [0.25, 0.3) is 55.3 Å². The van der Waals surface area contributed by atoms with Gasteiger partial charge in [-0.2, -0.15) is 0 Å². The van der Waals surface area contributed by atoms with Gasteiger partial charge in [-0.15, -0.1) is 0 Å². The van der Waals surface area contributed by atoms with Crippen LogP contribution in [-0.2, 0) is 5.41 Å². The van der Waals surface area contributed by atoms with Crippen molar-refractivity contribution in [1.29, 1.82) is 0 Å². The minimum absolute atomic E-state index is 0.445. The van der Waals surface area contributed by atoms with Gasteiger partial charge in [0.05, 0.1) is 5.41 Å². The Balaban J connectivity index is 1.37. The maximum absolute atomic E-state index is 2.51. The van der Waals surface area contributed by atoms with E-state index in [9.17, 15) is 0 Å². The predicted octanol–water partition coefficient (Wildman–Crippen LogP) is 12.2. The van der Waals surface area contributed by atoms with Crippen LogP contribution >= 0.6 is 0 Å². The van der Waals surface area contributed by atoms with Gasteiger partial charge in [0.25, 0.3) is 0 Å². The van der Waals surface area contributed by atoms with Gasteiger partial charge in [-0.3, -0.25) is 0 Å². The molecule has 0 aliphatic heterocycles. The summed E-state index contributed by atoms with van der Waals surface area (Å²) >= 11 is 0. The fourth-order valence-corrected chi connectivity index (χ4v) is 7.87. The standard InChI is InChI=1S/C47H32/c1-5-15-33(16-6-1)34-25-27-36(28-26-34)40-30-29-39(35-17-7-2-8-18-35)42-31-44-41-23-13-14-24-45(41)47(46(44)32-43(40)42,37-19-9-3-10-20-37)38-21-11-4-12-22-38/h1-32H. The number of hydrogen-bond acceptors (Lipinski definition) is 0. The highest BCUT2D eigenvalue weighted by atomic mass is 14.5. The molecule has 0 saturated carbocycles. The smallest absolute Gasteiger partial charge is 0.0622 e. The third-order valence-electron chi connectivity index (χ3n) is 9.98. The topological polar surface area (TPSA) is 0 Å². The molecule has 0 radical (unpaired) electrons. The Morgan fingerprint density at radius 2 is 0.681 bits per heavy atom. The van der Waals surface area contributed by atoms with E-state index in [1.54, 1.807) is 0 Å². The van der Waals surface area contributed by atoms with E-state index in [1.165, 1.54) is 77.5 Å². The quantitative estimate of drug-likeness (QED) is 0.185. The van der Waals surface area contributed by atoms with Crippen molar-refractivity contribution < 1.29 is 0 Å². The van der Waals surface area contributed by atoms with Gasteiger partial charge in [0.1, 0.15) is 0 Å². The first-order valence-electron chi connectivity index (χ1n) is 16.4. The lowest BCUT2D eigenvalue weighted by molar-refractivity contribution is 0.769. The normalized spacial score (nSPS) is 12.9. The largest absolute Gasteiger partial charge is 0.0713 e. The van der Waals surface area contributed by atoms with E-state index >= 15 is 0 Å². The van der Waals surface area contributed by atoms with Crippen molar-refractivity contribution in [3.05, 3.63) is 216 Å². The maximum Gasteiger partial charge on any atom is 0.0713 e. The summed E-state index contributed by atoms with van der Waals surface area (Å²) in [5.41, 5.74) is 14.8. The monoisotopic (exact) mass is 596 g/mol. The Morgan fingerprint density at radius 3 is 1.28 bits per heavy atom. The minimum Gasteiger partial charge on any atom is -0.0622 e. The average Bonchev–Trinajstić information content (AvgIpc) is 3.45. The zero-order valence-electron chi connectivity index (χ0n) is 26.0. The van der Waals surface area contributed by atoms with Crippen molar-refractivity contribution in [2.45, 2.75) is 5.41 Å². The third kappa shape index (κ3) is 4.30. The summed E-state index contributed by atoms with van der Waals surface area (Å²) in [5.74, 6) is 0. The highest BCUT2D eigenvalue weighted by molar-refractivity contribution is 6.09. The molecule has 0 spiro atoms. The molecule has 47 heavy (non-hydrogen) atoms. The van der Waals surface area contributed by atoms with Gasteiger partial charge < -0.3 is 0 Å². The lowest BCUT2D eigenvalue weighted by atomic mass is 9.67. The Labute approximate surface area is 276 Å². The molecule has 0 unspecified atom stereocenters. The van der Waals surface area contributed by atoms with Gasteiger partial charge in [-0.05, 0) is 89.7 Å².